The number of morpholine rings is 1. The molecule has 1 aliphatic rings. The lowest BCUT2D eigenvalue weighted by Crippen LogP contribution is -2.62. The van der Waals surface area contributed by atoms with Gasteiger partial charge in [-0.1, -0.05) is 0 Å². The third-order valence-electron chi connectivity index (χ3n) is 3.08. The zero-order valence-electron chi connectivity index (χ0n) is 8.13. The maximum absolute atomic E-state index is 9.01. The van der Waals surface area contributed by atoms with Gasteiger partial charge in [0.15, 0.2) is 5.54 Å². The maximum atomic E-state index is 9.01. The molecule has 0 spiro atoms. The van der Waals surface area contributed by atoms with Crippen LogP contribution in [0.3, 0.4) is 0 Å². The van der Waals surface area contributed by atoms with Gasteiger partial charge in [-0.2, -0.15) is 5.26 Å². The van der Waals surface area contributed by atoms with E-state index in [-0.39, 0.29) is 5.54 Å². The first kappa shape index (κ1) is 9.50. The molecule has 1 heterocycles. The van der Waals surface area contributed by atoms with Crippen LogP contribution < -0.4 is 0 Å². The molecule has 0 radical (unpaired) electrons. The molecule has 0 bridgehead atoms. The van der Waals surface area contributed by atoms with Crippen molar-refractivity contribution in [1.82, 2.24) is 0 Å². The summed E-state index contributed by atoms with van der Waals surface area (Å²) in [7, 11) is 2.13. The summed E-state index contributed by atoms with van der Waals surface area (Å²) >= 11 is 0. The van der Waals surface area contributed by atoms with E-state index < -0.39 is 0 Å². The number of likely N-dealkylation sites (N-methyl/N-ethyl adjacent to an activating group) is 1. The highest BCUT2D eigenvalue weighted by Crippen LogP contribution is 2.23. The first-order valence-electron chi connectivity index (χ1n) is 4.35. The molecule has 3 nitrogen and oxygen atoms in total. The highest BCUT2D eigenvalue weighted by molar-refractivity contribution is 4.95. The molecule has 1 aliphatic heterocycles. The molecule has 0 unspecified atom stereocenters. The zero-order valence-corrected chi connectivity index (χ0v) is 8.13. The fourth-order valence-electron chi connectivity index (χ4n) is 1.43. The van der Waals surface area contributed by atoms with E-state index in [9.17, 15) is 0 Å². The Labute approximate surface area is 74.1 Å². The number of quaternary nitrogens is 1. The van der Waals surface area contributed by atoms with Crippen molar-refractivity contribution >= 4 is 0 Å². The van der Waals surface area contributed by atoms with Crippen LogP contribution in [0.2, 0.25) is 0 Å². The zero-order chi connectivity index (χ0) is 9.24. The molecule has 0 N–H and O–H groups in total. The highest BCUT2D eigenvalue weighted by atomic mass is 16.5. The Morgan fingerprint density at radius 3 is 2.25 bits per heavy atom. The van der Waals surface area contributed by atoms with Gasteiger partial charge in [-0.15, -0.1) is 0 Å². The van der Waals surface area contributed by atoms with Gasteiger partial charge in [0, 0.05) is 13.8 Å². The SMILES string of the molecule is CC(C)(C#N)[N+]1(C)CCOCC1. The molecule has 0 amide bonds. The van der Waals surface area contributed by atoms with Gasteiger partial charge in [0.2, 0.25) is 0 Å². The quantitative estimate of drug-likeness (QED) is 0.543. The number of ether oxygens (including phenoxy) is 1. The van der Waals surface area contributed by atoms with Crippen molar-refractivity contribution in [1.29, 1.82) is 5.26 Å². The van der Waals surface area contributed by atoms with Crippen molar-refractivity contribution in [2.75, 3.05) is 33.4 Å². The van der Waals surface area contributed by atoms with Gasteiger partial charge in [0.1, 0.15) is 19.2 Å². The van der Waals surface area contributed by atoms with Crippen molar-refractivity contribution in [3.8, 4) is 6.07 Å². The van der Waals surface area contributed by atoms with Crippen LogP contribution in [-0.2, 0) is 4.74 Å². The second-order valence-corrected chi connectivity index (χ2v) is 4.13. The molecule has 1 rings (SSSR count). The summed E-state index contributed by atoms with van der Waals surface area (Å²) in [5.41, 5.74) is -0.288. The largest absolute Gasteiger partial charge is 0.370 e. The van der Waals surface area contributed by atoms with Crippen LogP contribution in [0.5, 0.6) is 0 Å². The smallest absolute Gasteiger partial charge is 0.180 e. The summed E-state index contributed by atoms with van der Waals surface area (Å²) in [6, 6.07) is 2.37. The van der Waals surface area contributed by atoms with Gasteiger partial charge < -0.3 is 9.22 Å². The number of hydrogen-bond acceptors (Lipinski definition) is 2. The van der Waals surface area contributed by atoms with Crippen molar-refractivity contribution in [2.24, 2.45) is 0 Å². The fraction of sp³-hybridized carbons (Fsp3) is 0.889. The lowest BCUT2D eigenvalue weighted by molar-refractivity contribution is -0.953. The van der Waals surface area contributed by atoms with Gasteiger partial charge in [0.05, 0.1) is 20.3 Å². The Kier molecular flexibility index (Phi) is 2.41. The van der Waals surface area contributed by atoms with E-state index in [2.05, 4.69) is 13.1 Å². The average Bonchev–Trinajstić information content (AvgIpc) is 2.06. The van der Waals surface area contributed by atoms with Crippen LogP contribution >= 0.6 is 0 Å². The predicted molar refractivity (Wildman–Crippen MR) is 46.4 cm³/mol. The minimum absolute atomic E-state index is 0.288. The summed E-state index contributed by atoms with van der Waals surface area (Å²) in [5.74, 6) is 0. The second-order valence-electron chi connectivity index (χ2n) is 4.13. The van der Waals surface area contributed by atoms with E-state index in [1.165, 1.54) is 0 Å². The number of rotatable bonds is 1. The third kappa shape index (κ3) is 1.45. The minimum Gasteiger partial charge on any atom is -0.370 e. The van der Waals surface area contributed by atoms with Crippen molar-refractivity contribution in [3.05, 3.63) is 0 Å². The Hall–Kier alpha value is -0.590. The van der Waals surface area contributed by atoms with Gasteiger partial charge in [-0.3, -0.25) is 0 Å². The number of nitrogens with zero attached hydrogens (tertiary/aromatic N) is 2. The predicted octanol–water partition coefficient (Wildman–Crippen LogP) is 0.765. The van der Waals surface area contributed by atoms with Gasteiger partial charge in [-0.25, -0.2) is 0 Å². The monoisotopic (exact) mass is 169 g/mol. The maximum Gasteiger partial charge on any atom is 0.180 e. The average molecular weight is 169 g/mol. The molecule has 3 heteroatoms. The van der Waals surface area contributed by atoms with Gasteiger partial charge in [0.25, 0.3) is 0 Å². The fourth-order valence-corrected chi connectivity index (χ4v) is 1.43. The molecule has 0 aromatic heterocycles. The molecule has 0 atom stereocenters. The molecule has 12 heavy (non-hydrogen) atoms. The normalized spacial score (nSPS) is 23.2. The molecular weight excluding hydrogens is 152 g/mol. The number of hydrogen-bond donors (Lipinski definition) is 0. The first-order chi connectivity index (χ1) is 5.52. The van der Waals surface area contributed by atoms with E-state index in [0.717, 1.165) is 30.8 Å². The van der Waals surface area contributed by atoms with Crippen LogP contribution in [-0.4, -0.2) is 43.4 Å². The summed E-state index contributed by atoms with van der Waals surface area (Å²) in [6.45, 7) is 7.45. The van der Waals surface area contributed by atoms with Crippen molar-refractivity contribution in [2.45, 2.75) is 19.4 Å². The summed E-state index contributed by atoms with van der Waals surface area (Å²) in [5, 5.41) is 9.01. The molecule has 1 fully saturated rings. The second kappa shape index (κ2) is 3.04. The summed E-state index contributed by atoms with van der Waals surface area (Å²) in [4.78, 5) is 0. The molecule has 0 aliphatic carbocycles. The Bertz CT molecular complexity index is 199. The molecule has 0 aromatic rings. The Balaban J connectivity index is 2.76. The molecule has 0 aromatic carbocycles. The van der Waals surface area contributed by atoms with Gasteiger partial charge in [-0.05, 0) is 0 Å². The van der Waals surface area contributed by atoms with Crippen LogP contribution in [0.1, 0.15) is 13.8 Å². The topological polar surface area (TPSA) is 33.0 Å². The summed E-state index contributed by atoms with van der Waals surface area (Å²) in [6.07, 6.45) is 0. The van der Waals surface area contributed by atoms with Crippen molar-refractivity contribution < 1.29 is 9.22 Å². The minimum atomic E-state index is -0.288. The molecular formula is C9H17N2O+. The lowest BCUT2D eigenvalue weighted by atomic mass is 10.0. The van der Waals surface area contributed by atoms with Crippen molar-refractivity contribution in [3.63, 3.8) is 0 Å². The Morgan fingerprint density at radius 1 is 1.33 bits per heavy atom. The third-order valence-corrected chi connectivity index (χ3v) is 3.08. The first-order valence-corrected chi connectivity index (χ1v) is 4.35. The highest BCUT2D eigenvalue weighted by Gasteiger charge is 2.41. The van der Waals surface area contributed by atoms with Crippen LogP contribution in [0, 0.1) is 11.3 Å². The van der Waals surface area contributed by atoms with E-state index in [1.807, 2.05) is 13.8 Å². The number of nitriles is 1. The van der Waals surface area contributed by atoms with Crippen LogP contribution in [0.25, 0.3) is 0 Å². The summed E-state index contributed by atoms with van der Waals surface area (Å²) < 4.78 is 6.09. The van der Waals surface area contributed by atoms with E-state index in [1.54, 1.807) is 0 Å². The Morgan fingerprint density at radius 2 is 1.83 bits per heavy atom. The molecule has 1 saturated heterocycles. The molecule has 0 saturated carbocycles. The van der Waals surface area contributed by atoms with E-state index in [4.69, 9.17) is 10.00 Å². The van der Waals surface area contributed by atoms with Crippen LogP contribution in [0.4, 0.5) is 0 Å². The van der Waals surface area contributed by atoms with E-state index in [0.29, 0.717) is 0 Å². The standard InChI is InChI=1S/C9H17N2O/c1-9(2,8-10)11(3)4-6-12-7-5-11/h4-7H2,1-3H3/q+1. The van der Waals surface area contributed by atoms with Gasteiger partial charge >= 0.3 is 0 Å². The van der Waals surface area contributed by atoms with Crippen LogP contribution in [0.15, 0.2) is 0 Å². The van der Waals surface area contributed by atoms with E-state index >= 15 is 0 Å². The lowest BCUT2D eigenvalue weighted by Gasteiger charge is -2.45. The molecule has 68 valence electrons.